The normalized spacial score (nSPS) is 17.3. The van der Waals surface area contributed by atoms with Crippen LogP contribution in [0.15, 0.2) is 67.3 Å². The summed E-state index contributed by atoms with van der Waals surface area (Å²) < 4.78 is 36.8. The fourth-order valence-electron chi connectivity index (χ4n) is 5.45. The first kappa shape index (κ1) is 37.2. The number of imide groups is 1. The van der Waals surface area contributed by atoms with Gasteiger partial charge in [-0.15, -0.1) is 6.58 Å². The minimum Gasteiger partial charge on any atom is -0.460 e. The molecule has 0 N–H and O–H groups in total. The minimum atomic E-state index is -3.56. The van der Waals surface area contributed by atoms with Crippen molar-refractivity contribution in [2.75, 3.05) is 6.61 Å². The van der Waals surface area contributed by atoms with Crippen LogP contribution < -0.4 is 0 Å². The van der Waals surface area contributed by atoms with Crippen LogP contribution in [0.3, 0.4) is 0 Å². The van der Waals surface area contributed by atoms with Crippen LogP contribution in [0.2, 0.25) is 0 Å². The summed E-state index contributed by atoms with van der Waals surface area (Å²) in [4.78, 5) is 41.7. The molecule has 2 aromatic carbocycles. The third-order valence-corrected chi connectivity index (χ3v) is 9.34. The summed E-state index contributed by atoms with van der Waals surface area (Å²) in [5.41, 5.74) is 0.0654. The average Bonchev–Trinajstić information content (AvgIpc) is 3.29. The van der Waals surface area contributed by atoms with Crippen molar-refractivity contribution in [2.24, 2.45) is 5.92 Å². The van der Waals surface area contributed by atoms with E-state index in [0.717, 1.165) is 21.6 Å². The highest BCUT2D eigenvalue weighted by Gasteiger charge is 2.45. The van der Waals surface area contributed by atoms with Crippen LogP contribution in [0, 0.1) is 5.92 Å². The molecule has 3 atom stereocenters. The van der Waals surface area contributed by atoms with Crippen molar-refractivity contribution >= 4 is 25.6 Å². The molecule has 1 heterocycles. The number of amides is 2. The quantitative estimate of drug-likeness (QED) is 0.127. The maximum absolute atomic E-state index is 14.4. The third-order valence-electron chi connectivity index (χ3n) is 6.93. The number of hydrogen-bond acceptors (Lipinski definition) is 8. The van der Waals surface area contributed by atoms with Gasteiger partial charge in [-0.3, -0.25) is 14.2 Å². The highest BCUT2D eigenvalue weighted by atomic mass is 31.2. The molecule has 0 spiro atoms. The second kappa shape index (κ2) is 14.7. The molecular formula is C36H50NO8P. The van der Waals surface area contributed by atoms with E-state index >= 15 is 0 Å². The van der Waals surface area contributed by atoms with E-state index in [1.54, 1.807) is 26.8 Å². The second-order valence-electron chi connectivity index (χ2n) is 14.7. The maximum Gasteiger partial charge on any atom is 0.417 e. The number of hydrogen-bond donors (Lipinski definition) is 0. The van der Waals surface area contributed by atoms with E-state index in [1.165, 1.54) is 0 Å². The Hall–Kier alpha value is -3.26. The van der Waals surface area contributed by atoms with Crippen molar-refractivity contribution in [3.05, 3.63) is 83.9 Å². The zero-order valence-electron chi connectivity index (χ0n) is 28.7. The summed E-state index contributed by atoms with van der Waals surface area (Å²) in [5, 5.41) is 0. The number of carbonyl (C=O) groups excluding carboxylic acids is 3. The fraction of sp³-hybridized carbons (Fsp3) is 0.528. The van der Waals surface area contributed by atoms with Crippen molar-refractivity contribution in [1.29, 1.82) is 0 Å². The van der Waals surface area contributed by atoms with Gasteiger partial charge in [0.1, 0.15) is 18.2 Å². The lowest BCUT2D eigenvalue weighted by Crippen LogP contribution is -2.42. The van der Waals surface area contributed by atoms with Crippen LogP contribution in [0.1, 0.15) is 104 Å². The van der Waals surface area contributed by atoms with E-state index < -0.39 is 60.2 Å². The topological polar surface area (TPSA) is 108 Å². The molecule has 9 nitrogen and oxygen atoms in total. The minimum absolute atomic E-state index is 0.0158. The molecule has 0 saturated carbocycles. The van der Waals surface area contributed by atoms with E-state index in [-0.39, 0.29) is 19.2 Å². The number of esters is 1. The van der Waals surface area contributed by atoms with E-state index in [4.69, 9.17) is 18.5 Å². The highest BCUT2D eigenvalue weighted by molar-refractivity contribution is 7.53. The Morgan fingerprint density at radius 3 is 2.00 bits per heavy atom. The van der Waals surface area contributed by atoms with Crippen LogP contribution in [0.25, 0.3) is 0 Å². The molecule has 0 aliphatic carbocycles. The molecule has 0 unspecified atom stereocenters. The molecule has 46 heavy (non-hydrogen) atoms. The Labute approximate surface area is 274 Å². The van der Waals surface area contributed by atoms with Gasteiger partial charge in [-0.25, -0.2) is 9.69 Å². The van der Waals surface area contributed by atoms with E-state index in [2.05, 4.69) is 6.58 Å². The largest absolute Gasteiger partial charge is 0.460 e. The van der Waals surface area contributed by atoms with Gasteiger partial charge < -0.3 is 18.5 Å². The molecule has 2 aromatic rings. The van der Waals surface area contributed by atoms with Gasteiger partial charge in [0.05, 0.1) is 29.7 Å². The summed E-state index contributed by atoms with van der Waals surface area (Å²) in [7, 11) is -3.56. The molecule has 0 aromatic heterocycles. The van der Waals surface area contributed by atoms with E-state index in [1.807, 2.05) is 96.1 Å². The standard InChI is InChI=1S/C36H50NO8P/c1-11-15-28(26-20-18-25(19-21-26)24-46(41,44-35(5,6)7)45-36(8,9)10)29(22-31(38)43-34(2,3)4)32(39)37-30(23-42-33(37)40)27-16-13-12-14-17-27/h11-14,16-21,28-30H,1,15,22-24H2,2-10H3/t28-,29+,30-/m1/s1. The maximum atomic E-state index is 14.4. The molecule has 1 saturated heterocycles. The molecule has 10 heteroatoms. The Morgan fingerprint density at radius 2 is 1.50 bits per heavy atom. The lowest BCUT2D eigenvalue weighted by atomic mass is 9.80. The number of rotatable bonds is 12. The first-order valence-corrected chi connectivity index (χ1v) is 17.4. The molecule has 2 amide bonds. The molecule has 0 bridgehead atoms. The molecule has 1 aliphatic heterocycles. The smallest absolute Gasteiger partial charge is 0.417 e. The van der Waals surface area contributed by atoms with Gasteiger partial charge >= 0.3 is 19.7 Å². The molecular weight excluding hydrogens is 605 g/mol. The summed E-state index contributed by atoms with van der Waals surface area (Å²) in [6.45, 7) is 20.2. The van der Waals surface area contributed by atoms with Crippen LogP contribution in [0.4, 0.5) is 4.79 Å². The molecule has 0 radical (unpaired) electrons. The molecule has 1 fully saturated rings. The lowest BCUT2D eigenvalue weighted by molar-refractivity contribution is -0.158. The SMILES string of the molecule is C=CC[C@H](c1ccc(CP(=O)(OC(C)(C)C)OC(C)(C)C)cc1)[C@H](CC(=O)OC(C)(C)C)C(=O)N1C(=O)OC[C@@H]1c1ccccc1. The Balaban J connectivity index is 2.00. The first-order valence-electron chi connectivity index (χ1n) is 15.7. The van der Waals surface area contributed by atoms with E-state index in [0.29, 0.717) is 6.42 Å². The van der Waals surface area contributed by atoms with Crippen LogP contribution in [-0.2, 0) is 38.8 Å². The predicted molar refractivity (Wildman–Crippen MR) is 178 cm³/mol. The Morgan fingerprint density at radius 1 is 0.935 bits per heavy atom. The molecule has 1 aliphatic rings. The van der Waals surface area contributed by atoms with Crippen LogP contribution in [-0.4, -0.2) is 46.3 Å². The number of carbonyl (C=O) groups is 3. The van der Waals surface area contributed by atoms with Gasteiger partial charge in [0, 0.05) is 0 Å². The predicted octanol–water partition coefficient (Wildman–Crippen LogP) is 8.74. The third kappa shape index (κ3) is 10.9. The number of allylic oxidation sites excluding steroid dienone is 1. The molecule has 252 valence electrons. The number of nitrogens with zero attached hydrogens (tertiary/aromatic N) is 1. The highest BCUT2D eigenvalue weighted by Crippen LogP contribution is 2.57. The molecule has 3 rings (SSSR count). The van der Waals surface area contributed by atoms with Gasteiger partial charge in [0.25, 0.3) is 0 Å². The summed E-state index contributed by atoms with van der Waals surface area (Å²) >= 11 is 0. The monoisotopic (exact) mass is 655 g/mol. The van der Waals surface area contributed by atoms with Gasteiger partial charge in [-0.05, 0) is 91.3 Å². The van der Waals surface area contributed by atoms with Crippen molar-refractivity contribution < 1.29 is 37.5 Å². The van der Waals surface area contributed by atoms with Crippen molar-refractivity contribution in [1.82, 2.24) is 4.90 Å². The second-order valence-corrected chi connectivity index (χ2v) is 16.6. The zero-order valence-corrected chi connectivity index (χ0v) is 29.6. The van der Waals surface area contributed by atoms with Gasteiger partial charge in [-0.1, -0.05) is 60.7 Å². The Bertz CT molecular complexity index is 1400. The number of benzene rings is 2. The van der Waals surface area contributed by atoms with E-state index in [9.17, 15) is 18.9 Å². The summed E-state index contributed by atoms with van der Waals surface area (Å²) in [5.74, 6) is -2.57. The first-order chi connectivity index (χ1) is 21.2. The fourth-order valence-corrected chi connectivity index (χ4v) is 7.95. The summed E-state index contributed by atoms with van der Waals surface area (Å²) in [6.07, 6.45) is 1.07. The van der Waals surface area contributed by atoms with Crippen molar-refractivity contribution in [3.8, 4) is 0 Å². The zero-order chi connectivity index (χ0) is 34.5. The Kier molecular flexibility index (Phi) is 11.9. The van der Waals surface area contributed by atoms with Crippen LogP contribution >= 0.6 is 7.60 Å². The van der Waals surface area contributed by atoms with Crippen molar-refractivity contribution in [3.63, 3.8) is 0 Å². The lowest BCUT2D eigenvalue weighted by Gasteiger charge is -2.32. The van der Waals surface area contributed by atoms with Crippen molar-refractivity contribution in [2.45, 2.75) is 110 Å². The number of cyclic esters (lactones) is 1. The van der Waals surface area contributed by atoms with Gasteiger partial charge in [0.15, 0.2) is 0 Å². The van der Waals surface area contributed by atoms with Crippen LogP contribution in [0.5, 0.6) is 0 Å². The average molecular weight is 656 g/mol. The summed E-state index contributed by atoms with van der Waals surface area (Å²) in [6, 6.07) is 15.9. The van der Waals surface area contributed by atoms with Gasteiger partial charge in [0.2, 0.25) is 5.91 Å². The number of ether oxygens (including phenoxy) is 2. The van der Waals surface area contributed by atoms with Gasteiger partial charge in [-0.2, -0.15) is 0 Å².